The lowest BCUT2D eigenvalue weighted by Gasteiger charge is -2.37. The second kappa shape index (κ2) is 7.96. The smallest absolute Gasteiger partial charge is 0.311 e. The Balaban J connectivity index is 1.37. The van der Waals surface area contributed by atoms with Crippen molar-refractivity contribution in [1.29, 1.82) is 0 Å². The average molecular weight is 425 g/mol. The number of aliphatic imine (C=N–C) groups is 1. The van der Waals surface area contributed by atoms with Gasteiger partial charge >= 0.3 is 5.69 Å². The molecule has 0 spiro atoms. The second-order valence-corrected chi connectivity index (χ2v) is 8.42. The van der Waals surface area contributed by atoms with E-state index in [2.05, 4.69) is 59.7 Å². The number of rotatable bonds is 4. The minimum Gasteiger partial charge on any atom is -0.502 e. The van der Waals surface area contributed by atoms with E-state index in [0.29, 0.717) is 17.4 Å². The van der Waals surface area contributed by atoms with Crippen LogP contribution in [0.2, 0.25) is 0 Å². The molecule has 0 bridgehead atoms. The number of benzene rings is 3. The van der Waals surface area contributed by atoms with Gasteiger partial charge in [0.15, 0.2) is 5.75 Å². The van der Waals surface area contributed by atoms with Crippen LogP contribution >= 0.6 is 0 Å². The number of nitro benzene ring substituents is 1. The molecule has 1 aliphatic carbocycles. The fourth-order valence-corrected chi connectivity index (χ4v) is 4.73. The first-order valence-corrected chi connectivity index (χ1v) is 10.6. The Labute approximate surface area is 186 Å². The zero-order valence-corrected chi connectivity index (χ0v) is 17.6. The SMILES string of the molecule is Cc1ccc2c(c1)[C@@H]1C=CC[C@H]1[C@@H](c1ccc(N=Cc3ccc(O)c([N+](=O)[O-])c3)cc1)N2. The normalized spacial score (nSPS) is 21.2. The maximum atomic E-state index is 11.0. The summed E-state index contributed by atoms with van der Waals surface area (Å²) in [7, 11) is 0. The molecule has 6 heteroatoms. The third-order valence-electron chi connectivity index (χ3n) is 6.33. The summed E-state index contributed by atoms with van der Waals surface area (Å²) in [4.78, 5) is 14.8. The number of phenols is 1. The van der Waals surface area contributed by atoms with Crippen molar-refractivity contribution in [2.24, 2.45) is 10.9 Å². The lowest BCUT2D eigenvalue weighted by molar-refractivity contribution is -0.385. The van der Waals surface area contributed by atoms with Gasteiger partial charge in [-0.05, 0) is 66.3 Å². The van der Waals surface area contributed by atoms with Crippen molar-refractivity contribution in [1.82, 2.24) is 0 Å². The molecule has 3 aromatic carbocycles. The Bertz CT molecular complexity index is 1250. The molecule has 1 aliphatic heterocycles. The summed E-state index contributed by atoms with van der Waals surface area (Å²) in [6.45, 7) is 2.13. The van der Waals surface area contributed by atoms with Gasteiger partial charge in [-0.3, -0.25) is 15.1 Å². The molecule has 0 saturated heterocycles. The highest BCUT2D eigenvalue weighted by Crippen LogP contribution is 2.50. The van der Waals surface area contributed by atoms with Gasteiger partial charge < -0.3 is 10.4 Å². The van der Waals surface area contributed by atoms with Crippen molar-refractivity contribution in [3.63, 3.8) is 0 Å². The first kappa shape index (κ1) is 20.0. The monoisotopic (exact) mass is 425 g/mol. The molecule has 0 amide bonds. The van der Waals surface area contributed by atoms with Crippen molar-refractivity contribution in [2.45, 2.75) is 25.3 Å². The van der Waals surface area contributed by atoms with E-state index in [9.17, 15) is 15.2 Å². The molecule has 0 fully saturated rings. The number of nitrogens with one attached hydrogen (secondary N) is 1. The van der Waals surface area contributed by atoms with E-state index in [0.717, 1.165) is 12.1 Å². The molecule has 32 heavy (non-hydrogen) atoms. The molecule has 160 valence electrons. The van der Waals surface area contributed by atoms with Gasteiger partial charge in [-0.25, -0.2) is 0 Å². The molecular weight excluding hydrogens is 402 g/mol. The van der Waals surface area contributed by atoms with Gasteiger partial charge in [-0.15, -0.1) is 0 Å². The van der Waals surface area contributed by atoms with Gasteiger partial charge in [0.1, 0.15) is 0 Å². The molecule has 3 atom stereocenters. The van der Waals surface area contributed by atoms with E-state index in [4.69, 9.17) is 0 Å². The van der Waals surface area contributed by atoms with E-state index < -0.39 is 4.92 Å². The summed E-state index contributed by atoms with van der Waals surface area (Å²) in [5.74, 6) is 0.559. The molecule has 0 aromatic heterocycles. The van der Waals surface area contributed by atoms with E-state index in [-0.39, 0.29) is 17.5 Å². The molecule has 1 heterocycles. The predicted octanol–water partition coefficient (Wildman–Crippen LogP) is 6.19. The predicted molar refractivity (Wildman–Crippen MR) is 126 cm³/mol. The first-order valence-electron chi connectivity index (χ1n) is 10.6. The van der Waals surface area contributed by atoms with Gasteiger partial charge in [0, 0.05) is 23.9 Å². The number of fused-ring (bicyclic) bond motifs is 3. The summed E-state index contributed by atoms with van der Waals surface area (Å²) in [5, 5.41) is 24.3. The minimum atomic E-state index is -0.608. The summed E-state index contributed by atoms with van der Waals surface area (Å²) < 4.78 is 0. The molecule has 2 N–H and O–H groups in total. The van der Waals surface area contributed by atoms with Crippen LogP contribution in [0.4, 0.5) is 17.1 Å². The summed E-state index contributed by atoms with van der Waals surface area (Å²) in [6, 6.07) is 19.2. The zero-order valence-electron chi connectivity index (χ0n) is 17.6. The number of nitro groups is 1. The van der Waals surface area contributed by atoms with Crippen LogP contribution in [0.3, 0.4) is 0 Å². The Morgan fingerprint density at radius 3 is 2.72 bits per heavy atom. The van der Waals surface area contributed by atoms with Crippen LogP contribution in [-0.2, 0) is 0 Å². The molecule has 3 aromatic rings. The van der Waals surface area contributed by atoms with Crippen molar-refractivity contribution in [3.8, 4) is 5.75 Å². The molecule has 0 saturated carbocycles. The zero-order chi connectivity index (χ0) is 22.2. The Kier molecular flexibility index (Phi) is 4.98. The summed E-state index contributed by atoms with van der Waals surface area (Å²) in [6.07, 6.45) is 7.24. The van der Waals surface area contributed by atoms with Crippen LogP contribution in [0.1, 0.15) is 40.6 Å². The van der Waals surface area contributed by atoms with Crippen LogP contribution < -0.4 is 5.32 Å². The molecular formula is C26H23N3O3. The van der Waals surface area contributed by atoms with E-state index >= 15 is 0 Å². The number of nitrogens with zero attached hydrogens (tertiary/aromatic N) is 2. The highest BCUT2D eigenvalue weighted by molar-refractivity contribution is 5.83. The number of phenolic OH excluding ortho intramolecular Hbond substituents is 1. The fraction of sp³-hybridized carbons (Fsp3) is 0.192. The van der Waals surface area contributed by atoms with Crippen molar-refractivity contribution < 1.29 is 10.0 Å². The number of anilines is 1. The van der Waals surface area contributed by atoms with Crippen LogP contribution in [-0.4, -0.2) is 16.2 Å². The maximum absolute atomic E-state index is 11.0. The highest BCUT2D eigenvalue weighted by Gasteiger charge is 2.37. The summed E-state index contributed by atoms with van der Waals surface area (Å²) >= 11 is 0. The largest absolute Gasteiger partial charge is 0.502 e. The quantitative estimate of drug-likeness (QED) is 0.226. The molecule has 0 unspecified atom stereocenters. The third-order valence-corrected chi connectivity index (χ3v) is 6.33. The van der Waals surface area contributed by atoms with Crippen molar-refractivity contribution >= 4 is 23.3 Å². The van der Waals surface area contributed by atoms with Crippen LogP contribution in [0.15, 0.2) is 77.8 Å². The Morgan fingerprint density at radius 2 is 1.94 bits per heavy atom. The lowest BCUT2D eigenvalue weighted by atomic mass is 9.76. The Hall–Kier alpha value is -3.93. The van der Waals surface area contributed by atoms with Gasteiger partial charge in [-0.2, -0.15) is 0 Å². The molecule has 5 rings (SSSR count). The first-order chi connectivity index (χ1) is 15.5. The Morgan fingerprint density at radius 1 is 1.12 bits per heavy atom. The van der Waals surface area contributed by atoms with Gasteiger partial charge in [0.2, 0.25) is 0 Å². The van der Waals surface area contributed by atoms with E-state index in [1.54, 1.807) is 12.3 Å². The van der Waals surface area contributed by atoms with Gasteiger partial charge in [0.25, 0.3) is 0 Å². The average Bonchev–Trinajstić information content (AvgIpc) is 3.29. The fourth-order valence-electron chi connectivity index (χ4n) is 4.73. The van der Waals surface area contributed by atoms with Crippen LogP contribution in [0.25, 0.3) is 0 Å². The third kappa shape index (κ3) is 3.64. The van der Waals surface area contributed by atoms with Gasteiger partial charge in [-0.1, -0.05) is 42.0 Å². The van der Waals surface area contributed by atoms with E-state index in [1.165, 1.54) is 34.5 Å². The maximum Gasteiger partial charge on any atom is 0.311 e. The van der Waals surface area contributed by atoms with Crippen LogP contribution in [0.5, 0.6) is 5.75 Å². The summed E-state index contributed by atoms with van der Waals surface area (Å²) in [5.41, 5.74) is 6.06. The van der Waals surface area contributed by atoms with Gasteiger partial charge in [0.05, 0.1) is 16.7 Å². The lowest BCUT2D eigenvalue weighted by Crippen LogP contribution is -2.29. The topological polar surface area (TPSA) is 87.8 Å². The standard InChI is InChI=1S/C26H23N3O3/c1-16-5-11-23-22(13-16)20-3-2-4-21(20)26(28-23)18-7-9-19(10-8-18)27-15-17-6-12-25(30)24(14-17)29(31)32/h2-3,5-15,20-21,26,28,30H,4H2,1H3/t20-,21-,26-/m1/s1. The number of aryl methyl sites for hydroxylation is 1. The number of hydrogen-bond acceptors (Lipinski definition) is 5. The van der Waals surface area contributed by atoms with Crippen LogP contribution in [0, 0.1) is 23.0 Å². The van der Waals surface area contributed by atoms with Crippen molar-refractivity contribution in [2.75, 3.05) is 5.32 Å². The number of allylic oxidation sites excluding steroid dienone is 2. The molecule has 2 aliphatic rings. The minimum absolute atomic E-state index is 0.225. The van der Waals surface area contributed by atoms with Crippen molar-refractivity contribution in [3.05, 3.63) is 105 Å². The highest BCUT2D eigenvalue weighted by atomic mass is 16.6. The number of aromatic hydroxyl groups is 1. The molecule has 6 nitrogen and oxygen atoms in total. The number of hydrogen-bond donors (Lipinski definition) is 2. The molecule has 0 radical (unpaired) electrons. The second-order valence-electron chi connectivity index (χ2n) is 8.42. The van der Waals surface area contributed by atoms with E-state index in [1.807, 2.05) is 12.1 Å².